The highest BCUT2D eigenvalue weighted by molar-refractivity contribution is 7.90. The molecule has 2 rings (SSSR count). The molecule has 0 bridgehead atoms. The molecule has 3 N–H and O–H groups in total. The molecule has 4 amide bonds. The van der Waals surface area contributed by atoms with Gasteiger partial charge in [-0.1, -0.05) is 13.8 Å². The number of imide groups is 1. The SMILES string of the molecule is CC(C)CNC(=O)C1CCN(S(=O)(=O)C2C(=O)NC(=O)NC2C)CC1. The minimum Gasteiger partial charge on any atom is -0.356 e. The van der Waals surface area contributed by atoms with Crippen LogP contribution in [0.5, 0.6) is 0 Å². The minimum absolute atomic E-state index is 0.0539. The first-order valence-corrected chi connectivity index (χ1v) is 10.0. The normalized spacial score (nSPS) is 26.2. The summed E-state index contributed by atoms with van der Waals surface area (Å²) in [6.45, 7) is 6.47. The third-order valence-electron chi connectivity index (χ3n) is 4.50. The summed E-state index contributed by atoms with van der Waals surface area (Å²) in [6.07, 6.45) is 0.830. The maximum Gasteiger partial charge on any atom is 0.321 e. The zero-order valence-electron chi connectivity index (χ0n) is 14.7. The van der Waals surface area contributed by atoms with Gasteiger partial charge in [-0.25, -0.2) is 17.5 Å². The first-order chi connectivity index (χ1) is 11.6. The number of nitrogens with one attached hydrogen (secondary N) is 3. The van der Waals surface area contributed by atoms with Gasteiger partial charge in [-0.15, -0.1) is 0 Å². The predicted octanol–water partition coefficient (Wildman–Crippen LogP) is -0.603. The van der Waals surface area contributed by atoms with E-state index in [1.165, 1.54) is 11.2 Å². The molecule has 10 heteroatoms. The van der Waals surface area contributed by atoms with Crippen LogP contribution in [0.4, 0.5) is 4.79 Å². The summed E-state index contributed by atoms with van der Waals surface area (Å²) in [5, 5.41) is 5.94. The van der Waals surface area contributed by atoms with Gasteiger partial charge in [-0.2, -0.15) is 0 Å². The number of carbonyl (C=O) groups excluding carboxylic acids is 3. The van der Waals surface area contributed by atoms with Crippen LogP contribution in [0.2, 0.25) is 0 Å². The van der Waals surface area contributed by atoms with E-state index >= 15 is 0 Å². The molecule has 0 aromatic rings. The number of hydrogen-bond acceptors (Lipinski definition) is 5. The Morgan fingerprint density at radius 1 is 1.28 bits per heavy atom. The van der Waals surface area contributed by atoms with Crippen LogP contribution in [-0.2, 0) is 19.6 Å². The molecular formula is C15H26N4O5S. The Labute approximate surface area is 147 Å². The highest BCUT2D eigenvalue weighted by Gasteiger charge is 2.46. The van der Waals surface area contributed by atoms with Crippen LogP contribution in [0.1, 0.15) is 33.6 Å². The highest BCUT2D eigenvalue weighted by atomic mass is 32.2. The second-order valence-electron chi connectivity index (χ2n) is 7.03. The summed E-state index contributed by atoms with van der Waals surface area (Å²) in [6, 6.07) is -1.50. The molecule has 2 saturated heterocycles. The summed E-state index contributed by atoms with van der Waals surface area (Å²) in [4.78, 5) is 35.4. The molecule has 0 spiro atoms. The Balaban J connectivity index is 1.98. The van der Waals surface area contributed by atoms with Crippen molar-refractivity contribution >= 4 is 27.9 Å². The van der Waals surface area contributed by atoms with E-state index in [9.17, 15) is 22.8 Å². The Hall–Kier alpha value is -1.68. The summed E-state index contributed by atoms with van der Waals surface area (Å²) >= 11 is 0. The van der Waals surface area contributed by atoms with Gasteiger partial charge in [0.05, 0.1) is 6.04 Å². The lowest BCUT2D eigenvalue weighted by Gasteiger charge is -2.36. The second-order valence-corrected chi connectivity index (χ2v) is 9.08. The van der Waals surface area contributed by atoms with Crippen molar-refractivity contribution in [2.45, 2.75) is 44.9 Å². The number of piperidine rings is 1. The average Bonchev–Trinajstić information content (AvgIpc) is 2.51. The van der Waals surface area contributed by atoms with Crippen LogP contribution in [0.25, 0.3) is 0 Å². The third kappa shape index (κ3) is 4.49. The first-order valence-electron chi connectivity index (χ1n) is 8.51. The lowest BCUT2D eigenvalue weighted by atomic mass is 9.97. The molecule has 142 valence electrons. The van der Waals surface area contributed by atoms with Crippen molar-refractivity contribution < 1.29 is 22.8 Å². The largest absolute Gasteiger partial charge is 0.356 e. The van der Waals surface area contributed by atoms with E-state index in [2.05, 4.69) is 10.6 Å². The molecule has 0 saturated carbocycles. The smallest absolute Gasteiger partial charge is 0.321 e. The molecule has 0 radical (unpaired) electrons. The van der Waals surface area contributed by atoms with Crippen LogP contribution >= 0.6 is 0 Å². The molecule has 0 aromatic carbocycles. The Bertz CT molecular complexity index is 640. The monoisotopic (exact) mass is 374 g/mol. The lowest BCUT2D eigenvalue weighted by molar-refractivity contribution is -0.126. The maximum absolute atomic E-state index is 12.8. The molecule has 2 aliphatic rings. The number of amides is 4. The van der Waals surface area contributed by atoms with E-state index < -0.39 is 33.3 Å². The maximum atomic E-state index is 12.8. The zero-order valence-corrected chi connectivity index (χ0v) is 15.6. The Morgan fingerprint density at radius 2 is 1.88 bits per heavy atom. The van der Waals surface area contributed by atoms with Gasteiger partial charge in [0.1, 0.15) is 0 Å². The highest BCUT2D eigenvalue weighted by Crippen LogP contribution is 2.24. The van der Waals surface area contributed by atoms with E-state index in [4.69, 9.17) is 0 Å². The van der Waals surface area contributed by atoms with Crippen LogP contribution < -0.4 is 16.0 Å². The molecule has 2 heterocycles. The van der Waals surface area contributed by atoms with Crippen LogP contribution in [0, 0.1) is 11.8 Å². The first kappa shape index (κ1) is 19.6. The number of carbonyl (C=O) groups is 3. The quantitative estimate of drug-likeness (QED) is 0.592. The van der Waals surface area contributed by atoms with E-state index in [0.29, 0.717) is 25.3 Å². The number of sulfonamides is 1. The van der Waals surface area contributed by atoms with Crippen LogP contribution in [0.15, 0.2) is 0 Å². The molecule has 2 unspecified atom stereocenters. The molecule has 2 fully saturated rings. The summed E-state index contributed by atoms with van der Waals surface area (Å²) in [7, 11) is -3.91. The van der Waals surface area contributed by atoms with E-state index in [-0.39, 0.29) is 24.9 Å². The van der Waals surface area contributed by atoms with Crippen molar-refractivity contribution in [1.29, 1.82) is 0 Å². The van der Waals surface area contributed by atoms with Crippen molar-refractivity contribution in [3.05, 3.63) is 0 Å². The topological polar surface area (TPSA) is 125 Å². The Morgan fingerprint density at radius 3 is 2.40 bits per heavy atom. The third-order valence-corrected chi connectivity index (χ3v) is 6.85. The second kappa shape index (κ2) is 7.69. The van der Waals surface area contributed by atoms with Crippen molar-refractivity contribution in [2.24, 2.45) is 11.8 Å². The fourth-order valence-corrected chi connectivity index (χ4v) is 5.06. The predicted molar refractivity (Wildman–Crippen MR) is 91.0 cm³/mol. The van der Waals surface area contributed by atoms with Gasteiger partial charge < -0.3 is 10.6 Å². The van der Waals surface area contributed by atoms with Crippen molar-refractivity contribution in [2.75, 3.05) is 19.6 Å². The summed E-state index contributed by atoms with van der Waals surface area (Å²) in [5.74, 6) is -0.733. The zero-order chi connectivity index (χ0) is 18.8. The summed E-state index contributed by atoms with van der Waals surface area (Å²) < 4.78 is 26.8. The van der Waals surface area contributed by atoms with Crippen molar-refractivity contribution in [3.8, 4) is 0 Å². The molecule has 2 atom stereocenters. The van der Waals surface area contributed by atoms with Gasteiger partial charge >= 0.3 is 6.03 Å². The van der Waals surface area contributed by atoms with Gasteiger partial charge in [0, 0.05) is 25.6 Å². The number of nitrogens with zero attached hydrogens (tertiary/aromatic N) is 1. The standard InChI is InChI=1S/C15H26N4O5S/c1-9(2)8-16-13(20)11-4-6-19(7-5-11)25(23,24)12-10(3)17-15(22)18-14(12)21/h9-12H,4-8H2,1-3H3,(H,16,20)(H2,17,18,21,22). The van der Waals surface area contributed by atoms with E-state index in [0.717, 1.165) is 0 Å². The molecule has 9 nitrogen and oxygen atoms in total. The fraction of sp³-hybridized carbons (Fsp3) is 0.800. The molecular weight excluding hydrogens is 348 g/mol. The van der Waals surface area contributed by atoms with Gasteiger partial charge in [-0.05, 0) is 25.7 Å². The number of rotatable bonds is 5. The Kier molecular flexibility index (Phi) is 6.04. The fourth-order valence-electron chi connectivity index (χ4n) is 3.10. The van der Waals surface area contributed by atoms with E-state index in [1.54, 1.807) is 0 Å². The van der Waals surface area contributed by atoms with Crippen LogP contribution in [0.3, 0.4) is 0 Å². The van der Waals surface area contributed by atoms with Crippen molar-refractivity contribution in [1.82, 2.24) is 20.3 Å². The number of hydrogen-bond donors (Lipinski definition) is 3. The molecule has 0 aliphatic carbocycles. The minimum atomic E-state index is -3.91. The van der Waals surface area contributed by atoms with Gasteiger partial charge in [0.2, 0.25) is 21.8 Å². The summed E-state index contributed by atoms with van der Waals surface area (Å²) in [5.41, 5.74) is 0. The molecule has 25 heavy (non-hydrogen) atoms. The van der Waals surface area contributed by atoms with E-state index in [1.807, 2.05) is 19.2 Å². The van der Waals surface area contributed by atoms with Gasteiger partial charge in [0.15, 0.2) is 5.25 Å². The van der Waals surface area contributed by atoms with Crippen molar-refractivity contribution in [3.63, 3.8) is 0 Å². The molecule has 2 aliphatic heterocycles. The van der Waals surface area contributed by atoms with Gasteiger partial charge in [0.25, 0.3) is 0 Å². The average molecular weight is 374 g/mol. The van der Waals surface area contributed by atoms with Crippen LogP contribution in [-0.4, -0.2) is 61.5 Å². The van der Waals surface area contributed by atoms with Gasteiger partial charge in [-0.3, -0.25) is 14.9 Å². The lowest BCUT2D eigenvalue weighted by Crippen LogP contribution is -2.64. The number of urea groups is 1. The molecule has 0 aromatic heterocycles.